The van der Waals surface area contributed by atoms with Gasteiger partial charge in [-0.25, -0.2) is 0 Å². The zero-order chi connectivity index (χ0) is 22.4. The van der Waals surface area contributed by atoms with Gasteiger partial charge in [-0.1, -0.05) is 24.3 Å². The van der Waals surface area contributed by atoms with Crippen LogP contribution in [0.1, 0.15) is 38.1 Å². The lowest BCUT2D eigenvalue weighted by Crippen LogP contribution is -2.47. The van der Waals surface area contributed by atoms with Crippen LogP contribution in [0, 0.1) is 13.8 Å². The van der Waals surface area contributed by atoms with Crippen LogP contribution in [0.4, 0.5) is 5.69 Å². The molecule has 8 heteroatoms. The monoisotopic (exact) mass is 437 g/mol. The summed E-state index contributed by atoms with van der Waals surface area (Å²) >= 11 is 1.33. The van der Waals surface area contributed by atoms with E-state index in [9.17, 15) is 14.4 Å². The van der Waals surface area contributed by atoms with Crippen molar-refractivity contribution in [2.45, 2.75) is 26.9 Å². The number of nitrogens with one attached hydrogen (secondary N) is 3. The summed E-state index contributed by atoms with van der Waals surface area (Å²) in [5.74, 6) is -0.641. The van der Waals surface area contributed by atoms with Crippen LogP contribution in [0.2, 0.25) is 0 Å². The quantitative estimate of drug-likeness (QED) is 0.511. The summed E-state index contributed by atoms with van der Waals surface area (Å²) in [5, 5.41) is 4.56. The number of anilines is 1. The van der Waals surface area contributed by atoms with Gasteiger partial charge in [0.1, 0.15) is 5.75 Å². The summed E-state index contributed by atoms with van der Waals surface area (Å²) in [6.07, 6.45) is -0.808. The second-order valence-corrected chi connectivity index (χ2v) is 7.86. The van der Waals surface area contributed by atoms with Gasteiger partial charge in [-0.15, -0.1) is 11.3 Å². The van der Waals surface area contributed by atoms with Gasteiger partial charge in [-0.3, -0.25) is 25.2 Å². The van der Waals surface area contributed by atoms with Crippen LogP contribution in [0.15, 0.2) is 60.0 Å². The van der Waals surface area contributed by atoms with Gasteiger partial charge in [0.15, 0.2) is 6.10 Å². The van der Waals surface area contributed by atoms with Crippen LogP contribution < -0.4 is 20.9 Å². The minimum Gasteiger partial charge on any atom is -0.481 e. The predicted molar refractivity (Wildman–Crippen MR) is 120 cm³/mol. The number of carbonyl (C=O) groups is 3. The Labute approximate surface area is 184 Å². The van der Waals surface area contributed by atoms with Gasteiger partial charge in [0.05, 0.1) is 4.88 Å². The molecule has 7 nitrogen and oxygen atoms in total. The molecule has 2 aromatic carbocycles. The van der Waals surface area contributed by atoms with Crippen molar-refractivity contribution < 1.29 is 19.1 Å². The zero-order valence-electron chi connectivity index (χ0n) is 17.4. The van der Waals surface area contributed by atoms with E-state index in [-0.39, 0.29) is 11.5 Å². The minimum atomic E-state index is -0.808. The van der Waals surface area contributed by atoms with Crippen LogP contribution in [-0.2, 0) is 4.79 Å². The number of benzene rings is 2. The molecule has 3 amide bonds. The number of carbonyl (C=O) groups excluding carboxylic acids is 3. The summed E-state index contributed by atoms with van der Waals surface area (Å²) in [6, 6.07) is 15.6. The Morgan fingerprint density at radius 2 is 1.71 bits per heavy atom. The van der Waals surface area contributed by atoms with Crippen molar-refractivity contribution in [1.29, 1.82) is 0 Å². The lowest BCUT2D eigenvalue weighted by Gasteiger charge is -2.17. The smallest absolute Gasteiger partial charge is 0.279 e. The average Bonchev–Trinajstić information content (AvgIpc) is 3.30. The molecule has 0 aliphatic heterocycles. The van der Waals surface area contributed by atoms with Crippen LogP contribution in [0.3, 0.4) is 0 Å². The Balaban J connectivity index is 1.55. The third-order valence-electron chi connectivity index (χ3n) is 4.65. The van der Waals surface area contributed by atoms with E-state index in [1.807, 2.05) is 31.4 Å². The van der Waals surface area contributed by atoms with Crippen molar-refractivity contribution in [3.63, 3.8) is 0 Å². The van der Waals surface area contributed by atoms with Crippen molar-refractivity contribution in [2.75, 3.05) is 5.32 Å². The Kier molecular flexibility index (Phi) is 7.04. The van der Waals surface area contributed by atoms with Gasteiger partial charge in [-0.05, 0) is 67.6 Å². The van der Waals surface area contributed by atoms with Crippen molar-refractivity contribution in [2.24, 2.45) is 0 Å². The van der Waals surface area contributed by atoms with Gasteiger partial charge < -0.3 is 10.1 Å². The van der Waals surface area contributed by atoms with Crippen LogP contribution in [0.25, 0.3) is 0 Å². The van der Waals surface area contributed by atoms with Crippen LogP contribution in [0.5, 0.6) is 5.75 Å². The van der Waals surface area contributed by atoms with E-state index >= 15 is 0 Å². The molecule has 31 heavy (non-hydrogen) atoms. The Morgan fingerprint density at radius 3 is 2.45 bits per heavy atom. The Morgan fingerprint density at radius 1 is 0.935 bits per heavy atom. The summed E-state index contributed by atoms with van der Waals surface area (Å²) < 4.78 is 5.71. The second-order valence-electron chi connectivity index (χ2n) is 6.91. The van der Waals surface area contributed by atoms with Crippen molar-refractivity contribution >= 4 is 34.7 Å². The molecule has 1 unspecified atom stereocenters. The average molecular weight is 438 g/mol. The second kappa shape index (κ2) is 9.90. The molecule has 1 heterocycles. The topological polar surface area (TPSA) is 96.5 Å². The fraction of sp³-hybridized carbons (Fsp3) is 0.174. The number of rotatable bonds is 6. The molecule has 3 N–H and O–H groups in total. The number of hydrogen-bond acceptors (Lipinski definition) is 5. The van der Waals surface area contributed by atoms with Gasteiger partial charge in [-0.2, -0.15) is 0 Å². The third-order valence-corrected chi connectivity index (χ3v) is 5.52. The highest BCUT2D eigenvalue weighted by atomic mass is 32.1. The normalized spacial score (nSPS) is 11.3. The lowest BCUT2D eigenvalue weighted by molar-refractivity contribution is -0.128. The summed E-state index contributed by atoms with van der Waals surface area (Å²) in [7, 11) is 0. The SMILES string of the molecule is Cc1cccc(OC(C)C(=O)NNC(=O)c2cccc(NC(=O)c3cccs3)c2)c1C. The molecule has 1 atom stereocenters. The maximum absolute atomic E-state index is 12.4. The molecule has 3 rings (SSSR count). The summed E-state index contributed by atoms with van der Waals surface area (Å²) in [6.45, 7) is 5.48. The highest BCUT2D eigenvalue weighted by Gasteiger charge is 2.17. The minimum absolute atomic E-state index is 0.252. The van der Waals surface area contributed by atoms with Crippen LogP contribution in [-0.4, -0.2) is 23.8 Å². The largest absolute Gasteiger partial charge is 0.481 e. The fourth-order valence-electron chi connectivity index (χ4n) is 2.73. The highest BCUT2D eigenvalue weighted by Crippen LogP contribution is 2.21. The van der Waals surface area contributed by atoms with E-state index in [1.54, 1.807) is 43.3 Å². The molecule has 0 aliphatic carbocycles. The van der Waals surface area contributed by atoms with E-state index in [0.717, 1.165) is 11.1 Å². The molecule has 160 valence electrons. The first-order chi connectivity index (χ1) is 14.8. The Bertz CT molecular complexity index is 1100. The van der Waals surface area contributed by atoms with Crippen molar-refractivity contribution in [3.8, 4) is 5.75 Å². The summed E-state index contributed by atoms with van der Waals surface area (Å²) in [5.41, 5.74) is 7.51. The first-order valence-electron chi connectivity index (χ1n) is 9.63. The van der Waals surface area contributed by atoms with E-state index in [1.165, 1.54) is 17.4 Å². The molecule has 0 saturated heterocycles. The number of amides is 3. The molecule has 0 fully saturated rings. The molecule has 0 radical (unpaired) electrons. The maximum atomic E-state index is 12.4. The third kappa shape index (κ3) is 5.70. The first-order valence-corrected chi connectivity index (χ1v) is 10.5. The molecular formula is C23H23N3O4S. The molecule has 0 aliphatic rings. The maximum Gasteiger partial charge on any atom is 0.279 e. The summed E-state index contributed by atoms with van der Waals surface area (Å²) in [4.78, 5) is 37.5. The number of aryl methyl sites for hydroxylation is 1. The number of hydrazine groups is 1. The molecule has 3 aromatic rings. The van der Waals surface area contributed by atoms with Crippen molar-refractivity contribution in [3.05, 3.63) is 81.5 Å². The number of thiophene rings is 1. The standard InChI is InChI=1S/C23H23N3O4S/c1-14-7-4-10-19(15(14)2)30-16(3)21(27)25-26-22(28)17-8-5-9-18(13-17)24-23(29)20-11-6-12-31-20/h4-13,16H,1-3H3,(H,24,29)(H,25,27)(H,26,28). The van der Waals surface area contributed by atoms with Crippen molar-refractivity contribution in [1.82, 2.24) is 10.9 Å². The highest BCUT2D eigenvalue weighted by molar-refractivity contribution is 7.12. The zero-order valence-corrected chi connectivity index (χ0v) is 18.2. The molecular weight excluding hydrogens is 414 g/mol. The molecule has 0 saturated carbocycles. The van der Waals surface area contributed by atoms with Gasteiger partial charge >= 0.3 is 0 Å². The fourth-order valence-corrected chi connectivity index (χ4v) is 3.35. The van der Waals surface area contributed by atoms with E-state index < -0.39 is 17.9 Å². The van der Waals surface area contributed by atoms with E-state index in [2.05, 4.69) is 16.2 Å². The lowest BCUT2D eigenvalue weighted by atomic mass is 10.1. The Hall–Kier alpha value is -3.65. The molecule has 0 bridgehead atoms. The molecule has 0 spiro atoms. The van der Waals surface area contributed by atoms with Gasteiger partial charge in [0.2, 0.25) is 0 Å². The number of ether oxygens (including phenoxy) is 1. The van der Waals surface area contributed by atoms with E-state index in [4.69, 9.17) is 4.74 Å². The predicted octanol–water partition coefficient (Wildman–Crippen LogP) is 3.85. The molecule has 1 aromatic heterocycles. The van der Waals surface area contributed by atoms with Crippen LogP contribution >= 0.6 is 11.3 Å². The van der Waals surface area contributed by atoms with E-state index in [0.29, 0.717) is 16.3 Å². The van der Waals surface area contributed by atoms with Gasteiger partial charge in [0, 0.05) is 11.3 Å². The van der Waals surface area contributed by atoms with Gasteiger partial charge in [0.25, 0.3) is 17.7 Å². The first kappa shape index (κ1) is 22.0. The number of hydrogen-bond donors (Lipinski definition) is 3.